The topological polar surface area (TPSA) is 98.4 Å². The van der Waals surface area contributed by atoms with E-state index in [9.17, 15) is 20.8 Å². The van der Waals surface area contributed by atoms with Crippen molar-refractivity contribution in [2.24, 2.45) is 0 Å². The molecule has 8 nitrogen and oxygen atoms in total. The zero-order valence-corrected chi connectivity index (χ0v) is 25.4. The number of hydroxylamine groups is 6. The Morgan fingerprint density at radius 2 is 0.881 bits per heavy atom. The largest absolute Gasteiger partial charge is 0.714 e. The molecule has 3 aromatic rings. The SMILES string of the molecule is CC1(C)N([O])C(c2ccc3c(c2)C2c4ccccc4C3c3ccc(C4=[N+]([O-])C(C)(C)C(C)(C)N4[O])cc32)=[N+]([O-])C1(C)C. The minimum atomic E-state index is -0.915. The van der Waals surface area contributed by atoms with Crippen LogP contribution in [0.25, 0.3) is 0 Å². The molecule has 8 heteroatoms. The highest BCUT2D eigenvalue weighted by Gasteiger charge is 2.61. The van der Waals surface area contributed by atoms with E-state index in [0.29, 0.717) is 11.1 Å². The minimum absolute atomic E-state index is 0.0411. The van der Waals surface area contributed by atoms with Gasteiger partial charge in [-0.15, -0.1) is 0 Å². The van der Waals surface area contributed by atoms with Crippen molar-refractivity contribution in [3.05, 3.63) is 116 Å². The summed E-state index contributed by atoms with van der Waals surface area (Å²) >= 11 is 0. The molecule has 2 bridgehead atoms. The number of benzene rings is 3. The van der Waals surface area contributed by atoms with Crippen molar-refractivity contribution < 1.29 is 19.9 Å². The van der Waals surface area contributed by atoms with Crippen molar-refractivity contribution in [3.8, 4) is 0 Å². The van der Waals surface area contributed by atoms with E-state index in [4.69, 9.17) is 0 Å². The number of amidine groups is 2. The molecule has 5 aliphatic rings. The van der Waals surface area contributed by atoms with Gasteiger partial charge in [-0.2, -0.15) is 0 Å². The highest BCUT2D eigenvalue weighted by atomic mass is 16.5. The highest BCUT2D eigenvalue weighted by molar-refractivity contribution is 5.98. The summed E-state index contributed by atoms with van der Waals surface area (Å²) in [5.74, 6) is 0.0149. The fourth-order valence-electron chi connectivity index (χ4n) is 7.18. The van der Waals surface area contributed by atoms with Gasteiger partial charge in [0.15, 0.2) is 11.1 Å². The maximum atomic E-state index is 13.5. The molecule has 0 saturated carbocycles. The molecular formula is C34H36N4O4. The smallest absolute Gasteiger partial charge is 0.316 e. The molecule has 0 aromatic heterocycles. The first-order valence-electron chi connectivity index (χ1n) is 14.6. The van der Waals surface area contributed by atoms with Gasteiger partial charge in [0.2, 0.25) is 0 Å². The summed E-state index contributed by atoms with van der Waals surface area (Å²) in [5.41, 5.74) is 4.24. The lowest BCUT2D eigenvalue weighted by molar-refractivity contribution is -0.539. The minimum Gasteiger partial charge on any atom is -0.714 e. The third-order valence-corrected chi connectivity index (χ3v) is 11.3. The lowest BCUT2D eigenvalue weighted by Gasteiger charge is -2.42. The third kappa shape index (κ3) is 2.94. The zero-order valence-electron chi connectivity index (χ0n) is 25.4. The van der Waals surface area contributed by atoms with Crippen LogP contribution in [-0.4, -0.2) is 53.4 Å². The van der Waals surface area contributed by atoms with Gasteiger partial charge in [-0.05, 0) is 113 Å². The summed E-state index contributed by atoms with van der Waals surface area (Å²) in [6.07, 6.45) is 0. The van der Waals surface area contributed by atoms with Crippen LogP contribution in [0.1, 0.15) is 112 Å². The van der Waals surface area contributed by atoms with Gasteiger partial charge in [-0.3, -0.25) is 9.48 Å². The first-order valence-corrected chi connectivity index (χ1v) is 14.6. The van der Waals surface area contributed by atoms with Crippen LogP contribution in [0.5, 0.6) is 0 Å². The molecular weight excluding hydrogens is 528 g/mol. The summed E-state index contributed by atoms with van der Waals surface area (Å²) in [4.78, 5) is 0. The summed E-state index contributed by atoms with van der Waals surface area (Å²) in [5, 5.41) is 55.7. The molecule has 0 N–H and O–H groups in total. The lowest BCUT2D eigenvalue weighted by Crippen LogP contribution is -2.53. The van der Waals surface area contributed by atoms with E-state index in [1.807, 2.05) is 36.4 Å². The molecule has 0 amide bonds. The molecule has 2 radical (unpaired) electrons. The van der Waals surface area contributed by atoms with E-state index in [1.165, 1.54) is 5.56 Å². The van der Waals surface area contributed by atoms with Crippen molar-refractivity contribution in [1.29, 1.82) is 0 Å². The number of rotatable bonds is 2. The molecule has 3 aliphatic carbocycles. The van der Waals surface area contributed by atoms with Gasteiger partial charge >= 0.3 is 11.7 Å². The highest BCUT2D eigenvalue weighted by Crippen LogP contribution is 2.56. The summed E-state index contributed by atoms with van der Waals surface area (Å²) in [6.45, 7) is 14.4. The van der Waals surface area contributed by atoms with E-state index < -0.39 is 22.2 Å². The predicted molar refractivity (Wildman–Crippen MR) is 158 cm³/mol. The summed E-state index contributed by atoms with van der Waals surface area (Å²) in [7, 11) is 0. The molecule has 0 spiro atoms. The van der Waals surface area contributed by atoms with Gasteiger partial charge in [0, 0.05) is 22.3 Å². The Morgan fingerprint density at radius 1 is 0.548 bits per heavy atom. The Morgan fingerprint density at radius 3 is 1.21 bits per heavy atom. The van der Waals surface area contributed by atoms with Crippen LogP contribution in [-0.2, 0) is 10.4 Å². The predicted octanol–water partition coefficient (Wildman–Crippen LogP) is 5.62. The van der Waals surface area contributed by atoms with E-state index >= 15 is 0 Å². The zero-order chi connectivity index (χ0) is 30.3. The van der Waals surface area contributed by atoms with Gasteiger partial charge in [0.05, 0.1) is 11.1 Å². The van der Waals surface area contributed by atoms with Crippen molar-refractivity contribution in [2.45, 2.75) is 89.4 Å². The van der Waals surface area contributed by atoms with Crippen LogP contribution in [0.3, 0.4) is 0 Å². The average molecular weight is 565 g/mol. The number of hydrogen-bond donors (Lipinski definition) is 0. The van der Waals surface area contributed by atoms with Crippen molar-refractivity contribution >= 4 is 11.7 Å². The maximum absolute atomic E-state index is 13.5. The van der Waals surface area contributed by atoms with Crippen molar-refractivity contribution in [2.75, 3.05) is 0 Å². The third-order valence-electron chi connectivity index (χ3n) is 11.3. The van der Waals surface area contributed by atoms with Crippen molar-refractivity contribution in [3.63, 3.8) is 0 Å². The second kappa shape index (κ2) is 7.94. The monoisotopic (exact) mass is 564 g/mol. The van der Waals surface area contributed by atoms with Crippen LogP contribution >= 0.6 is 0 Å². The second-order valence-electron chi connectivity index (χ2n) is 14.2. The molecule has 0 unspecified atom stereocenters. The first-order chi connectivity index (χ1) is 19.5. The molecule has 216 valence electrons. The molecule has 2 heterocycles. The van der Waals surface area contributed by atoms with Crippen LogP contribution in [0.4, 0.5) is 0 Å². The lowest BCUT2D eigenvalue weighted by atomic mass is 9.60. The molecule has 0 fully saturated rings. The fraction of sp³-hybridized carbons (Fsp3) is 0.412. The Labute approximate surface area is 246 Å². The van der Waals surface area contributed by atoms with Gasteiger partial charge in [0.1, 0.15) is 11.1 Å². The van der Waals surface area contributed by atoms with E-state index in [2.05, 4.69) is 24.3 Å². The van der Waals surface area contributed by atoms with Gasteiger partial charge < -0.3 is 10.4 Å². The average Bonchev–Trinajstić information content (AvgIpc) is 3.15. The van der Waals surface area contributed by atoms with Gasteiger partial charge in [-0.1, -0.05) is 46.5 Å². The Hall–Kier alpha value is -3.88. The number of hydrogen-bond acceptors (Lipinski definition) is 4. The van der Waals surface area contributed by atoms with Gasteiger partial charge in [0.25, 0.3) is 0 Å². The molecule has 0 saturated heterocycles. The summed E-state index contributed by atoms with van der Waals surface area (Å²) < 4.78 is 1.71. The van der Waals surface area contributed by atoms with Crippen molar-refractivity contribution in [1.82, 2.24) is 10.1 Å². The van der Waals surface area contributed by atoms with Crippen LogP contribution in [0.15, 0.2) is 60.7 Å². The maximum Gasteiger partial charge on any atom is 0.316 e. The Kier molecular flexibility index (Phi) is 5.10. The standard InChI is InChI=1S/C34H36N4O4/c1-31(2)32(3,4)36(40)29(35(31)39)19-13-15-23-25(17-19)28-22-12-10-9-11-21(22)27(23)24-16-14-20(18-26(24)28)30-37(41)33(5,6)34(7,8)38(30)42/h9-18,27-28H,1-8H3. The van der Waals surface area contributed by atoms with Crippen LogP contribution in [0.2, 0.25) is 0 Å². The quantitative estimate of drug-likeness (QED) is 0.205. The Bertz CT molecular complexity index is 1660. The molecule has 8 rings (SSSR count). The Balaban J connectivity index is 1.42. The van der Waals surface area contributed by atoms with Crippen LogP contribution < -0.4 is 0 Å². The van der Waals surface area contributed by atoms with Gasteiger partial charge in [-0.25, -0.2) is 0 Å². The molecule has 3 aromatic carbocycles. The van der Waals surface area contributed by atoms with E-state index in [-0.39, 0.29) is 23.5 Å². The second-order valence-corrected chi connectivity index (χ2v) is 14.2. The molecule has 42 heavy (non-hydrogen) atoms. The van der Waals surface area contributed by atoms with E-state index in [1.54, 1.807) is 55.4 Å². The molecule has 0 atom stereocenters. The molecule has 2 aliphatic heterocycles. The number of nitrogens with zero attached hydrogens (tertiary/aromatic N) is 4. The summed E-state index contributed by atoms with van der Waals surface area (Å²) in [6, 6.07) is 20.2. The normalized spacial score (nSPS) is 25.6. The van der Waals surface area contributed by atoms with E-state index in [0.717, 1.165) is 47.4 Å². The van der Waals surface area contributed by atoms with Crippen LogP contribution in [0, 0.1) is 10.4 Å². The fourth-order valence-corrected chi connectivity index (χ4v) is 7.18. The first kappa shape index (κ1) is 27.0.